The van der Waals surface area contributed by atoms with Gasteiger partial charge in [-0.25, -0.2) is 13.8 Å². The molecule has 0 unspecified atom stereocenters. The zero-order valence-electron chi connectivity index (χ0n) is 18.3. The Morgan fingerprint density at radius 1 is 1.26 bits per heavy atom. The van der Waals surface area contributed by atoms with Gasteiger partial charge in [0.05, 0.1) is 35.1 Å². The van der Waals surface area contributed by atoms with Gasteiger partial charge in [-0.3, -0.25) is 14.6 Å². The fraction of sp³-hybridized carbons (Fsp3) is 0.130. The van der Waals surface area contributed by atoms with Crippen molar-refractivity contribution < 1.29 is 9.13 Å². The van der Waals surface area contributed by atoms with Crippen molar-refractivity contribution in [3.8, 4) is 16.2 Å². The first-order valence-electron chi connectivity index (χ1n) is 9.83. The first-order chi connectivity index (χ1) is 16.2. The van der Waals surface area contributed by atoms with Crippen LogP contribution >= 0.6 is 22.9 Å². The number of thiophene rings is 1. The quantitative estimate of drug-likeness (QED) is 0.422. The van der Waals surface area contributed by atoms with E-state index in [0.717, 1.165) is 22.0 Å². The first-order valence-corrected chi connectivity index (χ1v) is 11.0. The van der Waals surface area contributed by atoms with Crippen molar-refractivity contribution in [2.75, 3.05) is 7.11 Å². The second-order valence-electron chi connectivity index (χ2n) is 7.38. The van der Waals surface area contributed by atoms with E-state index in [4.69, 9.17) is 16.3 Å². The van der Waals surface area contributed by atoms with Crippen LogP contribution < -0.4 is 21.5 Å². The van der Waals surface area contributed by atoms with E-state index < -0.39 is 22.6 Å². The third-order valence-electron chi connectivity index (χ3n) is 5.27. The summed E-state index contributed by atoms with van der Waals surface area (Å²) in [7, 11) is 2.89. The molecule has 0 saturated carbocycles. The van der Waals surface area contributed by atoms with Gasteiger partial charge >= 0.3 is 5.69 Å². The number of pyridine rings is 1. The number of rotatable bonds is 5. The molecule has 1 aromatic carbocycles. The molecule has 4 rings (SSSR count). The SMILES string of the molecule is C=N/C=C(\c1c(C)ccn(C)c1=O)n1c(=O)[nH]c2cc(-c3cc(OC)c(F)cc3Cl)sc2c1=O. The van der Waals surface area contributed by atoms with E-state index in [2.05, 4.69) is 16.7 Å². The van der Waals surface area contributed by atoms with Crippen LogP contribution in [0.15, 0.2) is 56.0 Å². The maximum Gasteiger partial charge on any atom is 0.333 e. The maximum absolute atomic E-state index is 14.0. The molecule has 0 amide bonds. The maximum atomic E-state index is 14.0. The van der Waals surface area contributed by atoms with Crippen molar-refractivity contribution in [3.63, 3.8) is 0 Å². The molecule has 0 bridgehead atoms. The number of aromatic amines is 1. The minimum atomic E-state index is -0.759. The predicted molar refractivity (Wildman–Crippen MR) is 133 cm³/mol. The molecule has 4 aromatic rings. The van der Waals surface area contributed by atoms with E-state index in [1.807, 2.05) is 0 Å². The zero-order valence-corrected chi connectivity index (χ0v) is 19.9. The molecule has 0 spiro atoms. The van der Waals surface area contributed by atoms with E-state index in [1.54, 1.807) is 32.3 Å². The Kier molecular flexibility index (Phi) is 6.11. The van der Waals surface area contributed by atoms with Gasteiger partial charge in [0.1, 0.15) is 4.70 Å². The van der Waals surface area contributed by atoms with Gasteiger partial charge in [-0.15, -0.1) is 11.3 Å². The van der Waals surface area contributed by atoms with Crippen LogP contribution in [0.2, 0.25) is 5.02 Å². The molecule has 0 radical (unpaired) electrons. The van der Waals surface area contributed by atoms with E-state index in [0.29, 0.717) is 16.0 Å². The van der Waals surface area contributed by atoms with Gasteiger partial charge in [-0.1, -0.05) is 11.6 Å². The van der Waals surface area contributed by atoms with E-state index >= 15 is 0 Å². The second-order valence-corrected chi connectivity index (χ2v) is 8.84. The zero-order chi connectivity index (χ0) is 24.7. The van der Waals surface area contributed by atoms with Crippen LogP contribution in [0.4, 0.5) is 4.39 Å². The predicted octanol–water partition coefficient (Wildman–Crippen LogP) is 3.77. The Balaban J connectivity index is 2.01. The molecule has 0 atom stereocenters. The number of aliphatic imine (C=N–C) groups is 1. The average molecular weight is 501 g/mol. The van der Waals surface area contributed by atoms with Crippen molar-refractivity contribution in [1.82, 2.24) is 14.1 Å². The van der Waals surface area contributed by atoms with Crippen molar-refractivity contribution in [2.24, 2.45) is 12.0 Å². The number of H-pyrrole nitrogens is 1. The Bertz CT molecular complexity index is 1680. The third kappa shape index (κ3) is 3.80. The number of aryl methyl sites for hydroxylation is 2. The van der Waals surface area contributed by atoms with Crippen LogP contribution in [-0.4, -0.2) is 27.9 Å². The summed E-state index contributed by atoms with van der Waals surface area (Å²) in [5.74, 6) is -0.639. The molecule has 0 aliphatic heterocycles. The summed E-state index contributed by atoms with van der Waals surface area (Å²) in [4.78, 5) is 46.3. The monoisotopic (exact) mass is 500 g/mol. The van der Waals surface area contributed by atoms with Crippen LogP contribution in [-0.2, 0) is 7.05 Å². The normalized spacial score (nSPS) is 11.7. The van der Waals surface area contributed by atoms with E-state index in [9.17, 15) is 18.8 Å². The molecule has 11 heteroatoms. The molecule has 0 saturated heterocycles. The Labute approximate surface area is 200 Å². The average Bonchev–Trinajstić information content (AvgIpc) is 3.20. The Hall–Kier alpha value is -3.76. The van der Waals surface area contributed by atoms with Crippen LogP contribution in [0, 0.1) is 12.7 Å². The Morgan fingerprint density at radius 2 is 2.00 bits per heavy atom. The summed E-state index contributed by atoms with van der Waals surface area (Å²) >= 11 is 7.29. The highest BCUT2D eigenvalue weighted by atomic mass is 35.5. The summed E-state index contributed by atoms with van der Waals surface area (Å²) in [5.41, 5.74) is -0.408. The van der Waals surface area contributed by atoms with Gasteiger partial charge in [-0.05, 0) is 43.5 Å². The second kappa shape index (κ2) is 8.88. The number of aromatic nitrogens is 3. The van der Waals surface area contributed by atoms with E-state index in [-0.39, 0.29) is 32.2 Å². The molecule has 34 heavy (non-hydrogen) atoms. The molecular formula is C23H18ClFN4O4S. The molecule has 174 valence electrons. The first kappa shape index (κ1) is 23.4. The number of halogens is 2. The third-order valence-corrected chi connectivity index (χ3v) is 6.74. The van der Waals surface area contributed by atoms with Crippen LogP contribution in [0.3, 0.4) is 0 Å². The summed E-state index contributed by atoms with van der Waals surface area (Å²) in [6.07, 6.45) is 2.78. The van der Waals surface area contributed by atoms with Gasteiger partial charge in [0.25, 0.3) is 11.1 Å². The molecule has 0 aliphatic rings. The van der Waals surface area contributed by atoms with Crippen LogP contribution in [0.1, 0.15) is 11.1 Å². The fourth-order valence-electron chi connectivity index (χ4n) is 3.59. The summed E-state index contributed by atoms with van der Waals surface area (Å²) in [6, 6.07) is 5.81. The van der Waals surface area contributed by atoms with Crippen LogP contribution in [0.5, 0.6) is 5.75 Å². The highest BCUT2D eigenvalue weighted by molar-refractivity contribution is 7.22. The number of benzene rings is 1. The highest BCUT2D eigenvalue weighted by Crippen LogP contribution is 2.38. The van der Waals surface area contributed by atoms with Gasteiger partial charge in [0.15, 0.2) is 11.6 Å². The van der Waals surface area contributed by atoms with Gasteiger partial charge < -0.3 is 14.3 Å². The number of fused-ring (bicyclic) bond motifs is 1. The molecular weight excluding hydrogens is 483 g/mol. The number of methoxy groups -OCH3 is 1. The summed E-state index contributed by atoms with van der Waals surface area (Å²) < 4.78 is 21.4. The minimum Gasteiger partial charge on any atom is -0.494 e. The summed E-state index contributed by atoms with van der Waals surface area (Å²) in [6.45, 7) is 5.11. The molecule has 0 fully saturated rings. The number of hydrogen-bond acceptors (Lipinski definition) is 6. The summed E-state index contributed by atoms with van der Waals surface area (Å²) in [5, 5.41) is 0.118. The number of nitrogens with one attached hydrogen (secondary N) is 1. The standard InChI is InChI=1S/C23H18ClFN4O4S/c1-11-5-6-28(3)21(30)19(11)16(10-26-2)29-22(31)20-15(27-23(29)32)9-18(34-20)12-7-17(33-4)14(25)8-13(12)24/h5-10H,2H2,1,3-4H3,(H,27,32)/b16-10+. The van der Waals surface area contributed by atoms with Crippen molar-refractivity contribution in [3.05, 3.63) is 89.8 Å². The van der Waals surface area contributed by atoms with Gasteiger partial charge in [0, 0.05) is 23.7 Å². The lowest BCUT2D eigenvalue weighted by molar-refractivity contribution is 0.387. The largest absolute Gasteiger partial charge is 0.494 e. The Morgan fingerprint density at radius 3 is 2.68 bits per heavy atom. The molecule has 1 N–H and O–H groups in total. The molecule has 3 heterocycles. The lowest BCUT2D eigenvalue weighted by Crippen LogP contribution is -2.36. The highest BCUT2D eigenvalue weighted by Gasteiger charge is 2.21. The number of ether oxygens (including phenoxy) is 1. The van der Waals surface area contributed by atoms with Crippen molar-refractivity contribution in [2.45, 2.75) is 6.92 Å². The topological polar surface area (TPSA) is 98.5 Å². The lowest BCUT2D eigenvalue weighted by atomic mass is 10.1. The molecule has 3 aromatic heterocycles. The van der Waals surface area contributed by atoms with E-state index in [1.165, 1.54) is 23.9 Å². The van der Waals surface area contributed by atoms with Gasteiger partial charge in [0.2, 0.25) is 0 Å². The smallest absolute Gasteiger partial charge is 0.333 e. The van der Waals surface area contributed by atoms with Crippen LogP contribution in [0.25, 0.3) is 26.4 Å². The molecule has 8 nitrogen and oxygen atoms in total. The number of nitrogens with zero attached hydrogens (tertiary/aromatic N) is 3. The van der Waals surface area contributed by atoms with Gasteiger partial charge in [-0.2, -0.15) is 0 Å². The lowest BCUT2D eigenvalue weighted by Gasteiger charge is -2.12. The van der Waals surface area contributed by atoms with Crippen molar-refractivity contribution >= 4 is 45.6 Å². The minimum absolute atomic E-state index is 0.00159. The number of hydrogen-bond donors (Lipinski definition) is 1. The van der Waals surface area contributed by atoms with Crippen molar-refractivity contribution in [1.29, 1.82) is 0 Å². The fourth-order valence-corrected chi connectivity index (χ4v) is 4.97. The molecule has 0 aliphatic carbocycles.